The van der Waals surface area contributed by atoms with E-state index >= 15 is 0 Å². The maximum Gasteiger partial charge on any atom is 0.310 e. The van der Waals surface area contributed by atoms with Crippen LogP contribution in [-0.2, 0) is 19.1 Å². The summed E-state index contributed by atoms with van der Waals surface area (Å²) in [4.78, 5) is 29.6. The molecule has 2 heterocycles. The average molecular weight is 899 g/mol. The summed E-state index contributed by atoms with van der Waals surface area (Å²) in [5.74, 6) is 3.47. The topological polar surface area (TPSA) is 59.1 Å². The molecule has 356 valence electrons. The van der Waals surface area contributed by atoms with Crippen molar-refractivity contribution in [2.45, 2.75) is 200 Å². The third-order valence-corrected chi connectivity index (χ3v) is 14.8. The van der Waals surface area contributed by atoms with Crippen LogP contribution in [0.3, 0.4) is 0 Å². The second kappa shape index (κ2) is 43.2. The van der Waals surface area contributed by atoms with Crippen LogP contribution in [0.5, 0.6) is 0 Å². The Labute approximate surface area is 390 Å². The highest BCUT2D eigenvalue weighted by molar-refractivity contribution is 8.76. The van der Waals surface area contributed by atoms with Crippen molar-refractivity contribution in [2.75, 3.05) is 57.4 Å². The van der Waals surface area contributed by atoms with Crippen molar-refractivity contribution in [3.05, 3.63) is 60.9 Å². The summed E-state index contributed by atoms with van der Waals surface area (Å²) in [5.41, 5.74) is 0. The Balaban J connectivity index is 1.31. The van der Waals surface area contributed by atoms with Crippen molar-refractivity contribution in [2.24, 2.45) is 11.8 Å². The molecule has 2 rings (SSSR count). The first-order valence-corrected chi connectivity index (χ1v) is 28.4. The van der Waals surface area contributed by atoms with Crippen LogP contribution in [0.15, 0.2) is 60.9 Å². The van der Waals surface area contributed by atoms with Crippen LogP contribution in [0.2, 0.25) is 0 Å². The van der Waals surface area contributed by atoms with Gasteiger partial charge in [0.1, 0.15) is 0 Å². The Morgan fingerprint density at radius 2 is 0.968 bits per heavy atom. The number of piperidine rings is 2. The standard InChI is InChI=1S/C54H94N2O4S2/c1-3-5-7-9-11-13-15-17-19-21-23-25-27-29-31-33-53(57)59-47-39-51-35-41-55(42-36-51)45-49-61-62-50-46-56-43-37-52(38-44-56)40-48-60-54(58)34-32-30-28-26-24-22-20-18-16-14-12-10-8-6-4-2/h11-14,17-20,39,47,51-52H,3-10,15-16,21-38,40-46,48-50H2,1-2H3/b13-11-,14-12-,19-17-,20-18-,47-39+. The molecule has 2 fully saturated rings. The molecule has 0 atom stereocenters. The summed E-state index contributed by atoms with van der Waals surface area (Å²) < 4.78 is 11.0. The predicted molar refractivity (Wildman–Crippen MR) is 273 cm³/mol. The fourth-order valence-corrected chi connectivity index (χ4v) is 10.2. The van der Waals surface area contributed by atoms with Crippen LogP contribution in [-0.4, -0.2) is 79.1 Å². The summed E-state index contributed by atoms with van der Waals surface area (Å²) in [6, 6.07) is 0. The molecule has 0 aliphatic carbocycles. The monoisotopic (exact) mass is 899 g/mol. The minimum Gasteiger partial charge on any atom is -0.466 e. The number of esters is 2. The van der Waals surface area contributed by atoms with Crippen LogP contribution in [0.1, 0.15) is 200 Å². The van der Waals surface area contributed by atoms with E-state index in [-0.39, 0.29) is 11.9 Å². The van der Waals surface area contributed by atoms with Crippen LogP contribution >= 0.6 is 21.6 Å². The van der Waals surface area contributed by atoms with Gasteiger partial charge in [0, 0.05) is 37.4 Å². The molecule has 0 amide bonds. The number of nitrogens with zero attached hydrogens (tertiary/aromatic N) is 2. The molecular formula is C54H94N2O4S2. The third kappa shape index (κ3) is 35.6. The van der Waals surface area contributed by atoms with Crippen LogP contribution in [0.25, 0.3) is 0 Å². The summed E-state index contributed by atoms with van der Waals surface area (Å²) in [6.45, 7) is 12.0. The van der Waals surface area contributed by atoms with Gasteiger partial charge in [-0.25, -0.2) is 0 Å². The van der Waals surface area contributed by atoms with Gasteiger partial charge in [0.25, 0.3) is 0 Å². The molecule has 0 N–H and O–H groups in total. The van der Waals surface area contributed by atoms with E-state index in [1.807, 2.05) is 21.6 Å². The molecule has 2 saturated heterocycles. The number of ether oxygens (including phenoxy) is 2. The van der Waals surface area contributed by atoms with Gasteiger partial charge in [-0.2, -0.15) is 0 Å². The van der Waals surface area contributed by atoms with Gasteiger partial charge in [0.05, 0.1) is 12.9 Å². The molecular weight excluding hydrogens is 805 g/mol. The summed E-state index contributed by atoms with van der Waals surface area (Å²) in [5, 5.41) is 0. The van der Waals surface area contributed by atoms with E-state index in [1.54, 1.807) is 6.26 Å². The number of carbonyl (C=O) groups excluding carboxylic acids is 2. The lowest BCUT2D eigenvalue weighted by molar-refractivity contribution is -0.144. The van der Waals surface area contributed by atoms with E-state index in [9.17, 15) is 9.59 Å². The fraction of sp³-hybridized carbons (Fsp3) is 0.778. The molecule has 0 aromatic carbocycles. The summed E-state index contributed by atoms with van der Waals surface area (Å²) in [7, 11) is 4.04. The zero-order chi connectivity index (χ0) is 44.2. The first kappa shape index (κ1) is 56.4. The quantitative estimate of drug-likeness (QED) is 0.0198. The fourth-order valence-electron chi connectivity index (χ4n) is 8.18. The molecule has 2 aliphatic heterocycles. The number of likely N-dealkylation sites (tertiary alicyclic amines) is 2. The zero-order valence-electron chi connectivity index (χ0n) is 40.1. The molecule has 0 aromatic heterocycles. The number of rotatable bonds is 40. The Kier molecular flexibility index (Phi) is 39.3. The number of hydrogen-bond acceptors (Lipinski definition) is 8. The predicted octanol–water partition coefficient (Wildman–Crippen LogP) is 15.4. The third-order valence-electron chi connectivity index (χ3n) is 12.4. The van der Waals surface area contributed by atoms with Crippen molar-refractivity contribution >= 4 is 33.5 Å². The Morgan fingerprint density at radius 1 is 0.532 bits per heavy atom. The van der Waals surface area contributed by atoms with Gasteiger partial charge in [-0.15, -0.1) is 0 Å². The molecule has 8 heteroatoms. The van der Waals surface area contributed by atoms with Crippen molar-refractivity contribution in [3.63, 3.8) is 0 Å². The first-order valence-electron chi connectivity index (χ1n) is 25.9. The van der Waals surface area contributed by atoms with Gasteiger partial charge in [-0.1, -0.05) is 148 Å². The lowest BCUT2D eigenvalue weighted by atomic mass is 9.94. The van der Waals surface area contributed by atoms with E-state index in [1.165, 1.54) is 140 Å². The first-order chi connectivity index (χ1) is 30.6. The SMILES string of the molecule is CCCCC/C=C\C/C=C\CCCCCCCC(=O)O/C=C/C1CCN(CCSSCCN2CCC(CCOC(=O)CCCCCCC/C=C\C/C=C\CCCCC)CC2)CC1. The average Bonchev–Trinajstić information content (AvgIpc) is 3.28. The number of carbonyl (C=O) groups is 2. The van der Waals surface area contributed by atoms with Gasteiger partial charge in [0.2, 0.25) is 0 Å². The molecule has 2 aliphatic rings. The van der Waals surface area contributed by atoms with E-state index in [0.717, 1.165) is 83.8 Å². The highest BCUT2D eigenvalue weighted by Gasteiger charge is 2.20. The molecule has 6 nitrogen and oxygen atoms in total. The second-order valence-corrected chi connectivity index (χ2v) is 20.6. The van der Waals surface area contributed by atoms with Crippen molar-refractivity contribution in [3.8, 4) is 0 Å². The van der Waals surface area contributed by atoms with E-state index in [2.05, 4.69) is 78.3 Å². The largest absolute Gasteiger partial charge is 0.466 e. The van der Waals surface area contributed by atoms with Crippen LogP contribution in [0.4, 0.5) is 0 Å². The van der Waals surface area contributed by atoms with E-state index < -0.39 is 0 Å². The maximum absolute atomic E-state index is 12.2. The highest BCUT2D eigenvalue weighted by atomic mass is 33.1. The van der Waals surface area contributed by atoms with Gasteiger partial charge in [-0.3, -0.25) is 9.59 Å². The van der Waals surface area contributed by atoms with Gasteiger partial charge >= 0.3 is 11.9 Å². The molecule has 0 spiro atoms. The Morgan fingerprint density at radius 3 is 1.47 bits per heavy atom. The van der Waals surface area contributed by atoms with Crippen molar-refractivity contribution < 1.29 is 19.1 Å². The normalized spacial score (nSPS) is 16.4. The molecule has 0 radical (unpaired) electrons. The van der Waals surface area contributed by atoms with Gasteiger partial charge < -0.3 is 19.3 Å². The van der Waals surface area contributed by atoms with Crippen LogP contribution < -0.4 is 0 Å². The zero-order valence-corrected chi connectivity index (χ0v) is 41.8. The summed E-state index contributed by atoms with van der Waals surface area (Å²) >= 11 is 0. The molecule has 0 saturated carbocycles. The number of allylic oxidation sites excluding steroid dienone is 9. The molecule has 0 aromatic rings. The Hall–Kier alpha value is -1.74. The minimum atomic E-state index is -0.0868. The summed E-state index contributed by atoms with van der Waals surface area (Å²) in [6.07, 6.45) is 55.4. The van der Waals surface area contributed by atoms with Crippen molar-refractivity contribution in [1.82, 2.24) is 9.80 Å². The molecule has 62 heavy (non-hydrogen) atoms. The second-order valence-electron chi connectivity index (χ2n) is 17.9. The van der Waals surface area contributed by atoms with E-state index in [4.69, 9.17) is 9.47 Å². The molecule has 0 bridgehead atoms. The minimum absolute atomic E-state index is 0.00262. The number of hydrogen-bond donors (Lipinski definition) is 0. The lowest BCUT2D eigenvalue weighted by Gasteiger charge is -2.31. The van der Waals surface area contributed by atoms with E-state index in [0.29, 0.717) is 31.3 Å². The molecule has 0 unspecified atom stereocenters. The van der Waals surface area contributed by atoms with Crippen molar-refractivity contribution in [1.29, 1.82) is 0 Å². The number of unbranched alkanes of at least 4 members (excludes halogenated alkanes) is 16. The van der Waals surface area contributed by atoms with Gasteiger partial charge in [0.15, 0.2) is 0 Å². The van der Waals surface area contributed by atoms with Crippen LogP contribution in [0, 0.1) is 11.8 Å². The van der Waals surface area contributed by atoms with Gasteiger partial charge in [-0.05, 0) is 153 Å². The smallest absolute Gasteiger partial charge is 0.310 e. The maximum atomic E-state index is 12.2. The Bertz CT molecular complexity index is 1190. The highest BCUT2D eigenvalue weighted by Crippen LogP contribution is 2.25. The lowest BCUT2D eigenvalue weighted by Crippen LogP contribution is -2.35.